The van der Waals surface area contributed by atoms with Crippen LogP contribution in [0, 0.1) is 12.8 Å². The van der Waals surface area contributed by atoms with Crippen LogP contribution in [0.25, 0.3) is 12.3 Å². The summed E-state index contributed by atoms with van der Waals surface area (Å²) < 4.78 is 11.1. The quantitative estimate of drug-likeness (QED) is 0.628. The van der Waals surface area contributed by atoms with Crippen molar-refractivity contribution >= 4 is 35.7 Å². The number of hydrogen-bond acceptors (Lipinski definition) is 5. The van der Waals surface area contributed by atoms with Gasteiger partial charge in [-0.3, -0.25) is 9.59 Å². The molecular weight excluding hydrogens is 490 g/mol. The van der Waals surface area contributed by atoms with Crippen molar-refractivity contribution in [3.63, 3.8) is 0 Å². The van der Waals surface area contributed by atoms with Gasteiger partial charge in [0.05, 0.1) is 25.9 Å². The minimum absolute atomic E-state index is 0.0520. The van der Waals surface area contributed by atoms with E-state index in [1.54, 1.807) is 24.3 Å². The fraction of sp³-hybridized carbons (Fsp3) is 0.448. The van der Waals surface area contributed by atoms with Crippen molar-refractivity contribution in [3.8, 4) is 0 Å². The summed E-state index contributed by atoms with van der Waals surface area (Å²) in [6.07, 6.45) is 5.28. The molecule has 0 radical (unpaired) electrons. The zero-order chi connectivity index (χ0) is 25.9. The fourth-order valence-corrected chi connectivity index (χ4v) is 5.31. The standard InChI is InChI=1S/C29H34ClN3O4/c1-19-3-4-22-7-10-26(28(34)31-13-25-18-36-11-12-37-25)20(2)27(22)17-32(19)14-21-15-33(16-21)29(35)23-5-8-24(30)9-6-23/h4-10,17,19,21,25H,3,11-16,18H2,1-2H3,(H,31,34). The molecule has 0 aromatic heterocycles. The molecular formula is C29H34ClN3O4. The van der Waals surface area contributed by atoms with Crippen LogP contribution in [-0.2, 0) is 9.47 Å². The minimum atomic E-state index is -0.108. The lowest BCUT2D eigenvalue weighted by molar-refractivity contribution is -0.0855. The van der Waals surface area contributed by atoms with E-state index < -0.39 is 0 Å². The van der Waals surface area contributed by atoms with Crippen molar-refractivity contribution in [2.45, 2.75) is 32.4 Å². The number of carbonyl (C=O) groups excluding carboxylic acids is 2. The molecule has 3 aliphatic heterocycles. The number of rotatable bonds is 6. The van der Waals surface area contributed by atoms with Gasteiger partial charge in [-0.15, -0.1) is 0 Å². The lowest BCUT2D eigenvalue weighted by Crippen LogP contribution is -2.54. The Morgan fingerprint density at radius 3 is 2.62 bits per heavy atom. The monoisotopic (exact) mass is 523 g/mol. The summed E-state index contributed by atoms with van der Waals surface area (Å²) in [5, 5.41) is 5.88. The molecule has 8 heteroatoms. The summed E-state index contributed by atoms with van der Waals surface area (Å²) in [5.41, 5.74) is 2.32. The second kappa shape index (κ2) is 11.3. The number of hydrogen-bond donors (Lipinski definition) is 1. The number of benzene rings is 2. The number of nitrogens with one attached hydrogen (secondary N) is 1. The Bertz CT molecular complexity index is 1270. The average molecular weight is 524 g/mol. The van der Waals surface area contributed by atoms with Crippen LogP contribution in [0.4, 0.5) is 0 Å². The predicted octanol–water partition coefficient (Wildman–Crippen LogP) is 2.18. The predicted molar refractivity (Wildman–Crippen MR) is 144 cm³/mol. The van der Waals surface area contributed by atoms with Gasteiger partial charge in [-0.2, -0.15) is 0 Å². The number of amides is 2. The number of nitrogens with zero attached hydrogens (tertiary/aromatic N) is 2. The summed E-state index contributed by atoms with van der Waals surface area (Å²) in [5.74, 6) is 0.360. The normalized spacial score (nSPS) is 21.7. The largest absolute Gasteiger partial charge is 0.376 e. The van der Waals surface area contributed by atoms with E-state index in [4.69, 9.17) is 21.1 Å². The molecule has 2 unspecified atom stereocenters. The van der Waals surface area contributed by atoms with Gasteiger partial charge in [0.1, 0.15) is 0 Å². The van der Waals surface area contributed by atoms with E-state index in [0.717, 1.165) is 42.1 Å². The molecule has 5 rings (SSSR count). The van der Waals surface area contributed by atoms with Gasteiger partial charge >= 0.3 is 0 Å². The van der Waals surface area contributed by atoms with Crippen molar-refractivity contribution in [1.29, 1.82) is 0 Å². The molecule has 37 heavy (non-hydrogen) atoms. The van der Waals surface area contributed by atoms with Crippen LogP contribution in [0.3, 0.4) is 0 Å². The highest BCUT2D eigenvalue weighted by atomic mass is 35.5. The van der Waals surface area contributed by atoms with E-state index in [2.05, 4.69) is 29.4 Å². The Hall–Kier alpha value is -2.87. The molecule has 3 aliphatic rings. The Kier molecular flexibility index (Phi) is 7.84. The van der Waals surface area contributed by atoms with Gasteiger partial charge in [0.25, 0.3) is 11.8 Å². The molecule has 2 aromatic carbocycles. The van der Waals surface area contributed by atoms with Gasteiger partial charge in [0.2, 0.25) is 0 Å². The molecule has 1 N–H and O–H groups in total. The molecule has 7 nitrogen and oxygen atoms in total. The van der Waals surface area contributed by atoms with Gasteiger partial charge in [-0.1, -0.05) is 23.7 Å². The topological polar surface area (TPSA) is 71.1 Å². The molecule has 3 heterocycles. The first-order valence-electron chi connectivity index (χ1n) is 13.0. The van der Waals surface area contributed by atoms with Crippen molar-refractivity contribution in [2.75, 3.05) is 46.0 Å². The SMILES string of the molecule is Cc1c(C(=O)NCC2COCCO2)ccc2c1=CN(CC1CN(C(=O)c3ccc(Cl)cc3)C1)C(C)CC=2. The smallest absolute Gasteiger partial charge is 0.253 e. The van der Waals surface area contributed by atoms with Crippen LogP contribution in [0.5, 0.6) is 0 Å². The Labute approximate surface area is 222 Å². The molecule has 0 spiro atoms. The van der Waals surface area contributed by atoms with E-state index in [-0.39, 0.29) is 17.9 Å². The first kappa shape index (κ1) is 25.8. The van der Waals surface area contributed by atoms with Gasteiger partial charge in [0.15, 0.2) is 0 Å². The van der Waals surface area contributed by atoms with E-state index in [0.29, 0.717) is 54.5 Å². The summed E-state index contributed by atoms with van der Waals surface area (Å²) in [7, 11) is 0. The third-order valence-electron chi connectivity index (χ3n) is 7.51. The summed E-state index contributed by atoms with van der Waals surface area (Å²) in [6, 6.07) is 11.3. The van der Waals surface area contributed by atoms with Gasteiger partial charge in [-0.05, 0) is 61.4 Å². The van der Waals surface area contributed by atoms with Gasteiger partial charge in [-0.25, -0.2) is 0 Å². The molecule has 0 bridgehead atoms. The molecule has 0 aliphatic carbocycles. The third kappa shape index (κ3) is 5.84. The lowest BCUT2D eigenvalue weighted by Gasteiger charge is -2.42. The molecule has 196 valence electrons. The maximum atomic E-state index is 13.0. The number of likely N-dealkylation sites (tertiary alicyclic amines) is 1. The molecule has 2 saturated heterocycles. The Morgan fingerprint density at radius 1 is 1.11 bits per heavy atom. The van der Waals surface area contributed by atoms with Gasteiger partial charge in [0, 0.05) is 65.7 Å². The number of fused-ring (bicyclic) bond motifs is 1. The third-order valence-corrected chi connectivity index (χ3v) is 7.76. The van der Waals surface area contributed by atoms with Crippen molar-refractivity contribution in [3.05, 3.63) is 68.5 Å². The zero-order valence-corrected chi connectivity index (χ0v) is 22.2. The zero-order valence-electron chi connectivity index (χ0n) is 21.4. The summed E-state index contributed by atoms with van der Waals surface area (Å²) in [4.78, 5) is 30.0. The first-order valence-corrected chi connectivity index (χ1v) is 13.4. The summed E-state index contributed by atoms with van der Waals surface area (Å²) >= 11 is 5.96. The molecule has 0 saturated carbocycles. The lowest BCUT2D eigenvalue weighted by atomic mass is 9.97. The van der Waals surface area contributed by atoms with Crippen molar-refractivity contribution in [2.24, 2.45) is 5.92 Å². The van der Waals surface area contributed by atoms with Crippen LogP contribution in [0.2, 0.25) is 5.02 Å². The highest BCUT2D eigenvalue weighted by molar-refractivity contribution is 6.30. The highest BCUT2D eigenvalue weighted by Crippen LogP contribution is 2.23. The first-order chi connectivity index (χ1) is 17.9. The Morgan fingerprint density at radius 2 is 1.89 bits per heavy atom. The minimum Gasteiger partial charge on any atom is -0.376 e. The van der Waals surface area contributed by atoms with E-state index in [1.807, 2.05) is 24.0 Å². The highest BCUT2D eigenvalue weighted by Gasteiger charge is 2.33. The van der Waals surface area contributed by atoms with Crippen LogP contribution in [-0.4, -0.2) is 79.8 Å². The number of ether oxygens (including phenoxy) is 2. The van der Waals surface area contributed by atoms with Crippen molar-refractivity contribution < 1.29 is 19.1 Å². The molecule has 2 fully saturated rings. The van der Waals surface area contributed by atoms with E-state index in [1.165, 1.54) is 0 Å². The van der Waals surface area contributed by atoms with Crippen LogP contribution in [0.15, 0.2) is 36.4 Å². The van der Waals surface area contributed by atoms with Crippen LogP contribution in [0.1, 0.15) is 39.6 Å². The van der Waals surface area contributed by atoms with Crippen molar-refractivity contribution in [1.82, 2.24) is 15.1 Å². The average Bonchev–Trinajstić information content (AvgIpc) is 3.04. The van der Waals surface area contributed by atoms with Crippen LogP contribution >= 0.6 is 11.6 Å². The Balaban J connectivity index is 1.26. The number of carbonyl (C=O) groups is 2. The maximum absolute atomic E-state index is 13.0. The molecule has 2 aromatic rings. The van der Waals surface area contributed by atoms with Crippen LogP contribution < -0.4 is 15.8 Å². The van der Waals surface area contributed by atoms with Gasteiger partial charge < -0.3 is 24.6 Å². The molecule has 2 atom stereocenters. The fourth-order valence-electron chi connectivity index (χ4n) is 5.18. The number of halogens is 1. The van der Waals surface area contributed by atoms with E-state index in [9.17, 15) is 9.59 Å². The summed E-state index contributed by atoms with van der Waals surface area (Å²) in [6.45, 7) is 8.69. The molecule has 2 amide bonds. The second-order valence-corrected chi connectivity index (χ2v) is 10.7. The maximum Gasteiger partial charge on any atom is 0.253 e. The van der Waals surface area contributed by atoms with E-state index >= 15 is 0 Å². The second-order valence-electron chi connectivity index (χ2n) is 10.2.